The number of ether oxygens (including phenoxy) is 2. The molecule has 200 valence electrons. The fourth-order valence-corrected chi connectivity index (χ4v) is 4.33. The van der Waals surface area contributed by atoms with E-state index >= 15 is 0 Å². The first-order valence-electron chi connectivity index (χ1n) is 13.6. The van der Waals surface area contributed by atoms with Crippen LogP contribution in [0.25, 0.3) is 0 Å². The molecule has 0 saturated heterocycles. The van der Waals surface area contributed by atoms with Gasteiger partial charge in [0.25, 0.3) is 0 Å². The molecule has 0 aromatic heterocycles. The van der Waals surface area contributed by atoms with E-state index in [1.165, 1.54) is 83.5 Å². The van der Waals surface area contributed by atoms with Crippen LogP contribution in [0.1, 0.15) is 117 Å². The van der Waals surface area contributed by atoms with Crippen molar-refractivity contribution in [3.63, 3.8) is 0 Å². The molecule has 0 aliphatic carbocycles. The van der Waals surface area contributed by atoms with Crippen LogP contribution in [-0.4, -0.2) is 50.6 Å². The Hall–Kier alpha value is -0.0100. The van der Waals surface area contributed by atoms with Crippen molar-refractivity contribution in [2.75, 3.05) is 39.6 Å². The van der Waals surface area contributed by atoms with Gasteiger partial charge >= 0.3 is 7.82 Å². The van der Waals surface area contributed by atoms with E-state index in [1.54, 1.807) is 0 Å². The number of hydrogen-bond acceptors (Lipinski definition) is 6. The number of nitrogens with two attached hydrogens (primary N) is 1. The summed E-state index contributed by atoms with van der Waals surface area (Å²) in [5.74, 6) is 0. The number of phosphoric ester groups is 1. The molecule has 0 rings (SSSR count). The van der Waals surface area contributed by atoms with E-state index in [-0.39, 0.29) is 25.9 Å². The van der Waals surface area contributed by atoms with Crippen molar-refractivity contribution in [3.05, 3.63) is 0 Å². The molecule has 0 aliphatic heterocycles. The number of hydrogen-bond donors (Lipinski definition) is 2. The summed E-state index contributed by atoms with van der Waals surface area (Å²) in [6.45, 7) is 6.20. The lowest BCUT2D eigenvalue weighted by atomic mass is 10.1. The standard InChI is InChI=1S/C25H54NO6P/c1-3-5-7-9-11-13-15-17-20-29-23-25(24-32-33(27,28)31-22-19-26)30-21-18-16-14-12-10-8-6-4-2/h25H,3-24,26H2,1-2H3,(H,27,28)/t25-/m1/s1. The molecular weight excluding hydrogens is 441 g/mol. The molecule has 0 aromatic carbocycles. The first-order valence-corrected chi connectivity index (χ1v) is 15.1. The predicted molar refractivity (Wildman–Crippen MR) is 137 cm³/mol. The molecule has 1 unspecified atom stereocenters. The lowest BCUT2D eigenvalue weighted by Gasteiger charge is -2.20. The molecule has 0 aliphatic rings. The lowest BCUT2D eigenvalue weighted by Crippen LogP contribution is -2.26. The molecule has 0 aromatic rings. The van der Waals surface area contributed by atoms with E-state index in [9.17, 15) is 9.46 Å². The van der Waals surface area contributed by atoms with Gasteiger partial charge in [0, 0.05) is 19.8 Å². The van der Waals surface area contributed by atoms with Gasteiger partial charge in [0.1, 0.15) is 6.10 Å². The van der Waals surface area contributed by atoms with E-state index in [0.717, 1.165) is 19.3 Å². The quantitative estimate of drug-likeness (QED) is 0.0959. The highest BCUT2D eigenvalue weighted by molar-refractivity contribution is 7.47. The molecule has 3 N–H and O–H groups in total. The molecule has 0 saturated carbocycles. The minimum absolute atomic E-state index is 0.0213. The second-order valence-corrected chi connectivity index (χ2v) is 10.4. The van der Waals surface area contributed by atoms with Crippen LogP contribution >= 0.6 is 7.82 Å². The third-order valence-electron chi connectivity index (χ3n) is 5.59. The molecule has 0 spiro atoms. The first-order chi connectivity index (χ1) is 16.1. The van der Waals surface area contributed by atoms with Crippen molar-refractivity contribution in [2.45, 2.75) is 123 Å². The van der Waals surface area contributed by atoms with Crippen molar-refractivity contribution in [1.29, 1.82) is 0 Å². The summed E-state index contributed by atoms with van der Waals surface area (Å²) in [7, 11) is -4.11. The minimum atomic E-state index is -4.11. The lowest BCUT2D eigenvalue weighted by molar-refractivity contribution is -0.0443. The Labute approximate surface area is 204 Å². The van der Waals surface area contributed by atoms with Crippen LogP contribution in [0.5, 0.6) is 0 Å². The summed E-state index contributed by atoms with van der Waals surface area (Å²) >= 11 is 0. The average Bonchev–Trinajstić information content (AvgIpc) is 2.80. The molecule has 0 bridgehead atoms. The third kappa shape index (κ3) is 24.9. The SMILES string of the molecule is CCCCCCCCCCOC[C@H](COP(=O)(O)OCCN)OCCCCCCCCCC. The van der Waals surface area contributed by atoms with E-state index in [2.05, 4.69) is 13.8 Å². The Morgan fingerprint density at radius 3 is 1.67 bits per heavy atom. The molecule has 0 fully saturated rings. The van der Waals surface area contributed by atoms with Gasteiger partial charge in [-0.15, -0.1) is 0 Å². The van der Waals surface area contributed by atoms with Gasteiger partial charge in [0.2, 0.25) is 0 Å². The van der Waals surface area contributed by atoms with Gasteiger partial charge in [-0.25, -0.2) is 4.57 Å². The molecule has 7 nitrogen and oxygen atoms in total. The number of unbranched alkanes of at least 4 members (excludes halogenated alkanes) is 14. The van der Waals surface area contributed by atoms with Crippen molar-refractivity contribution < 1.29 is 28.0 Å². The van der Waals surface area contributed by atoms with Crippen LogP contribution in [0, 0.1) is 0 Å². The summed E-state index contributed by atoms with van der Waals surface area (Å²) in [6, 6.07) is 0. The summed E-state index contributed by atoms with van der Waals surface area (Å²) in [6.07, 6.45) is 19.5. The molecular formula is C25H54NO6P. The maximum absolute atomic E-state index is 11.9. The summed E-state index contributed by atoms with van der Waals surface area (Å²) in [5.41, 5.74) is 5.32. The van der Waals surface area contributed by atoms with Crippen LogP contribution in [0.3, 0.4) is 0 Å². The van der Waals surface area contributed by atoms with Crippen LogP contribution in [0.2, 0.25) is 0 Å². The zero-order valence-corrected chi connectivity index (χ0v) is 22.5. The van der Waals surface area contributed by atoms with Crippen LogP contribution in [-0.2, 0) is 23.1 Å². The van der Waals surface area contributed by atoms with Gasteiger partial charge in [-0.1, -0.05) is 104 Å². The molecule has 2 atom stereocenters. The van der Waals surface area contributed by atoms with Crippen molar-refractivity contribution in [3.8, 4) is 0 Å². The highest BCUT2D eigenvalue weighted by Crippen LogP contribution is 2.43. The molecule has 0 amide bonds. The van der Waals surface area contributed by atoms with Crippen molar-refractivity contribution in [2.24, 2.45) is 5.73 Å². The fraction of sp³-hybridized carbons (Fsp3) is 1.00. The first kappa shape index (κ1) is 33.0. The van der Waals surface area contributed by atoms with E-state index < -0.39 is 7.82 Å². The zero-order chi connectivity index (χ0) is 24.5. The second kappa shape index (κ2) is 25.1. The highest BCUT2D eigenvalue weighted by Gasteiger charge is 2.23. The number of phosphoric acid groups is 1. The van der Waals surface area contributed by atoms with Gasteiger partial charge in [0.15, 0.2) is 0 Å². The monoisotopic (exact) mass is 495 g/mol. The maximum Gasteiger partial charge on any atom is 0.472 e. The van der Waals surface area contributed by atoms with Crippen LogP contribution < -0.4 is 5.73 Å². The Morgan fingerprint density at radius 1 is 0.667 bits per heavy atom. The van der Waals surface area contributed by atoms with Crippen LogP contribution in [0.15, 0.2) is 0 Å². The van der Waals surface area contributed by atoms with E-state index in [1.807, 2.05) is 0 Å². The van der Waals surface area contributed by atoms with Gasteiger partial charge in [-0.05, 0) is 12.8 Å². The maximum atomic E-state index is 11.9. The van der Waals surface area contributed by atoms with Crippen molar-refractivity contribution in [1.82, 2.24) is 0 Å². The normalized spacial score (nSPS) is 14.4. The molecule has 0 radical (unpaired) electrons. The topological polar surface area (TPSA) is 100 Å². The molecule has 8 heteroatoms. The van der Waals surface area contributed by atoms with E-state index in [4.69, 9.17) is 24.3 Å². The smallest absolute Gasteiger partial charge is 0.379 e. The van der Waals surface area contributed by atoms with Gasteiger partial charge in [-0.3, -0.25) is 9.05 Å². The Morgan fingerprint density at radius 2 is 1.15 bits per heavy atom. The Kier molecular flexibility index (Phi) is 25.1. The van der Waals surface area contributed by atoms with Gasteiger partial charge in [-0.2, -0.15) is 0 Å². The number of rotatable bonds is 27. The van der Waals surface area contributed by atoms with Crippen molar-refractivity contribution >= 4 is 7.82 Å². The largest absolute Gasteiger partial charge is 0.472 e. The summed E-state index contributed by atoms with van der Waals surface area (Å²) in [4.78, 5) is 9.73. The minimum Gasteiger partial charge on any atom is -0.379 e. The average molecular weight is 496 g/mol. The zero-order valence-electron chi connectivity index (χ0n) is 21.6. The fourth-order valence-electron chi connectivity index (χ4n) is 3.57. The van der Waals surface area contributed by atoms with Gasteiger partial charge < -0.3 is 20.1 Å². The summed E-state index contributed by atoms with van der Waals surface area (Å²) < 4.78 is 33.5. The van der Waals surface area contributed by atoms with Crippen LogP contribution in [0.4, 0.5) is 0 Å². The highest BCUT2D eigenvalue weighted by atomic mass is 31.2. The Bertz CT molecular complexity index is 441. The molecule has 33 heavy (non-hydrogen) atoms. The second-order valence-electron chi connectivity index (χ2n) is 8.90. The van der Waals surface area contributed by atoms with E-state index in [0.29, 0.717) is 19.8 Å². The summed E-state index contributed by atoms with van der Waals surface area (Å²) in [5, 5.41) is 0. The molecule has 0 heterocycles. The predicted octanol–water partition coefficient (Wildman–Crippen LogP) is 6.76. The third-order valence-corrected chi connectivity index (χ3v) is 6.58. The van der Waals surface area contributed by atoms with Gasteiger partial charge in [0.05, 0.1) is 19.8 Å². The Balaban J connectivity index is 4.04.